The maximum Gasteiger partial charge on any atom is 0.223 e. The van der Waals surface area contributed by atoms with E-state index >= 15 is 0 Å². The molecule has 0 spiro atoms. The Balaban J connectivity index is 2.53. The molecule has 0 aromatic heterocycles. The van der Waals surface area contributed by atoms with Crippen LogP contribution < -0.4 is 10.4 Å². The lowest BCUT2D eigenvalue weighted by Crippen LogP contribution is -2.41. The van der Waals surface area contributed by atoms with Gasteiger partial charge in [0.1, 0.15) is 7.85 Å². The van der Waals surface area contributed by atoms with E-state index < -0.39 is 8.32 Å². The van der Waals surface area contributed by atoms with Crippen molar-refractivity contribution >= 4 is 33.2 Å². The molecule has 1 aromatic carbocycles. The molecule has 0 aliphatic heterocycles. The van der Waals surface area contributed by atoms with Gasteiger partial charge in [-0.05, 0) is 44.1 Å². The fourth-order valence-corrected chi connectivity index (χ4v) is 3.43. The standard InChI is InChI=1S/C20H34BNO3Si/c1-15-13-18(14-16(2)19(15)21)22(17(3)23)9-10-24-11-12-25-26(7,8)20(4,5)6/h13-14H,9-12H2,1-8H3. The molecule has 0 heterocycles. The summed E-state index contributed by atoms with van der Waals surface area (Å²) in [5.74, 6) is -0.00491. The van der Waals surface area contributed by atoms with Crippen LogP contribution in [0.5, 0.6) is 0 Å². The van der Waals surface area contributed by atoms with E-state index in [1.807, 2.05) is 26.0 Å². The number of anilines is 1. The molecule has 26 heavy (non-hydrogen) atoms. The van der Waals surface area contributed by atoms with Crippen molar-refractivity contribution in [1.82, 2.24) is 0 Å². The molecule has 0 bridgehead atoms. The molecule has 0 aliphatic rings. The van der Waals surface area contributed by atoms with Gasteiger partial charge < -0.3 is 14.1 Å². The van der Waals surface area contributed by atoms with E-state index in [1.54, 1.807) is 11.8 Å². The van der Waals surface area contributed by atoms with Crippen molar-refractivity contribution in [2.24, 2.45) is 0 Å². The van der Waals surface area contributed by atoms with Gasteiger partial charge in [0.2, 0.25) is 5.91 Å². The first-order valence-corrected chi connectivity index (χ1v) is 12.1. The molecule has 0 unspecified atom stereocenters. The van der Waals surface area contributed by atoms with Crippen LogP contribution in [0, 0.1) is 13.8 Å². The van der Waals surface area contributed by atoms with E-state index in [9.17, 15) is 4.79 Å². The average Bonchev–Trinajstić information content (AvgIpc) is 2.49. The lowest BCUT2D eigenvalue weighted by molar-refractivity contribution is -0.116. The summed E-state index contributed by atoms with van der Waals surface area (Å²) >= 11 is 0. The van der Waals surface area contributed by atoms with Crippen LogP contribution in [0.1, 0.15) is 38.8 Å². The van der Waals surface area contributed by atoms with Crippen LogP contribution >= 0.6 is 0 Å². The normalized spacial score (nSPS) is 12.3. The highest BCUT2D eigenvalue weighted by molar-refractivity contribution is 6.74. The molecule has 0 N–H and O–H groups in total. The molecular weight excluding hydrogens is 341 g/mol. The second-order valence-electron chi connectivity index (χ2n) is 8.39. The minimum atomic E-state index is -1.73. The highest BCUT2D eigenvalue weighted by Gasteiger charge is 2.36. The number of benzene rings is 1. The van der Waals surface area contributed by atoms with Crippen LogP contribution in [0.25, 0.3) is 0 Å². The number of aryl methyl sites for hydroxylation is 2. The number of carbonyl (C=O) groups is 1. The number of nitrogens with zero attached hydrogens (tertiary/aromatic N) is 1. The predicted octanol–water partition coefficient (Wildman–Crippen LogP) is 3.49. The third-order valence-corrected chi connectivity index (χ3v) is 9.76. The van der Waals surface area contributed by atoms with Gasteiger partial charge in [0, 0.05) is 19.2 Å². The van der Waals surface area contributed by atoms with Gasteiger partial charge in [-0.25, -0.2) is 0 Å². The molecule has 0 aliphatic carbocycles. The molecule has 4 nitrogen and oxygen atoms in total. The van der Waals surface area contributed by atoms with Crippen molar-refractivity contribution in [2.45, 2.75) is 59.7 Å². The van der Waals surface area contributed by atoms with Gasteiger partial charge >= 0.3 is 0 Å². The lowest BCUT2D eigenvalue weighted by atomic mass is 9.86. The van der Waals surface area contributed by atoms with E-state index in [2.05, 4.69) is 33.9 Å². The minimum Gasteiger partial charge on any atom is -0.414 e. The maximum atomic E-state index is 12.0. The second kappa shape index (κ2) is 9.20. The third-order valence-electron chi connectivity index (χ3n) is 5.23. The first-order valence-electron chi connectivity index (χ1n) is 9.23. The molecule has 0 atom stereocenters. The first-order chi connectivity index (χ1) is 11.9. The van der Waals surface area contributed by atoms with E-state index in [0.29, 0.717) is 26.4 Å². The van der Waals surface area contributed by atoms with Crippen molar-refractivity contribution < 1.29 is 14.0 Å². The predicted molar refractivity (Wildman–Crippen MR) is 113 cm³/mol. The molecule has 144 valence electrons. The smallest absolute Gasteiger partial charge is 0.223 e. The Hall–Kier alpha value is -1.11. The van der Waals surface area contributed by atoms with Crippen LogP contribution in [0.2, 0.25) is 18.1 Å². The van der Waals surface area contributed by atoms with Gasteiger partial charge in [0.15, 0.2) is 8.32 Å². The Bertz CT molecular complexity index is 603. The van der Waals surface area contributed by atoms with Crippen LogP contribution in [0.4, 0.5) is 5.69 Å². The first kappa shape index (κ1) is 22.9. The summed E-state index contributed by atoms with van der Waals surface area (Å²) in [6, 6.07) is 3.90. The van der Waals surface area contributed by atoms with Gasteiger partial charge in [0.25, 0.3) is 0 Å². The number of ether oxygens (including phenoxy) is 1. The Morgan fingerprint density at radius 2 is 1.65 bits per heavy atom. The third kappa shape index (κ3) is 6.25. The topological polar surface area (TPSA) is 38.8 Å². The van der Waals surface area contributed by atoms with Gasteiger partial charge in [-0.1, -0.05) is 37.4 Å². The number of hydrogen-bond donors (Lipinski definition) is 0. The summed E-state index contributed by atoms with van der Waals surface area (Å²) in [5.41, 5.74) is 3.60. The van der Waals surface area contributed by atoms with Gasteiger partial charge in [-0.3, -0.25) is 4.79 Å². The zero-order valence-electron chi connectivity index (χ0n) is 17.7. The summed E-state index contributed by atoms with van der Waals surface area (Å²) < 4.78 is 11.8. The Morgan fingerprint density at radius 1 is 1.12 bits per heavy atom. The summed E-state index contributed by atoms with van der Waals surface area (Å²) in [5, 5.41) is 0.198. The van der Waals surface area contributed by atoms with Crippen molar-refractivity contribution in [1.29, 1.82) is 0 Å². The van der Waals surface area contributed by atoms with E-state index in [0.717, 1.165) is 22.3 Å². The zero-order valence-corrected chi connectivity index (χ0v) is 18.7. The van der Waals surface area contributed by atoms with E-state index in [4.69, 9.17) is 17.0 Å². The monoisotopic (exact) mass is 375 g/mol. The molecule has 1 aromatic rings. The van der Waals surface area contributed by atoms with Crippen LogP contribution in [-0.2, 0) is 14.0 Å². The molecule has 2 radical (unpaired) electrons. The molecule has 1 rings (SSSR count). The van der Waals surface area contributed by atoms with E-state index in [1.165, 1.54) is 0 Å². The molecular formula is C20H34BNO3Si. The number of carbonyl (C=O) groups excluding carboxylic acids is 1. The highest BCUT2D eigenvalue weighted by Crippen LogP contribution is 2.36. The summed E-state index contributed by atoms with van der Waals surface area (Å²) in [7, 11) is 4.28. The number of hydrogen-bond acceptors (Lipinski definition) is 3. The lowest BCUT2D eigenvalue weighted by Gasteiger charge is -2.36. The highest BCUT2D eigenvalue weighted by atomic mass is 28.4. The SMILES string of the molecule is [B]c1c(C)cc(N(CCOCCO[Si](C)(C)C(C)(C)C)C(C)=O)cc1C. The fourth-order valence-electron chi connectivity index (χ4n) is 2.41. The average molecular weight is 375 g/mol. The fraction of sp³-hybridized carbons (Fsp3) is 0.650. The van der Waals surface area contributed by atoms with E-state index in [-0.39, 0.29) is 10.9 Å². The van der Waals surface area contributed by atoms with Gasteiger partial charge in [-0.2, -0.15) is 0 Å². The minimum absolute atomic E-state index is 0.00491. The Morgan fingerprint density at radius 3 is 2.12 bits per heavy atom. The second-order valence-corrected chi connectivity index (χ2v) is 13.2. The number of amides is 1. The summed E-state index contributed by atoms with van der Waals surface area (Å²) in [6.07, 6.45) is 0. The van der Waals surface area contributed by atoms with Crippen LogP contribution in [0.15, 0.2) is 12.1 Å². The van der Waals surface area contributed by atoms with Crippen LogP contribution in [-0.4, -0.2) is 48.4 Å². The summed E-state index contributed by atoms with van der Waals surface area (Å²) in [6.45, 7) is 18.7. The quantitative estimate of drug-likeness (QED) is 0.516. The molecule has 0 fully saturated rings. The van der Waals surface area contributed by atoms with Crippen LogP contribution in [0.3, 0.4) is 0 Å². The Labute approximate surface area is 161 Å². The number of rotatable bonds is 8. The zero-order chi connectivity index (χ0) is 20.1. The van der Waals surface area contributed by atoms with Crippen molar-refractivity contribution in [3.05, 3.63) is 23.3 Å². The molecule has 1 amide bonds. The van der Waals surface area contributed by atoms with Crippen molar-refractivity contribution in [2.75, 3.05) is 31.3 Å². The largest absolute Gasteiger partial charge is 0.414 e. The van der Waals surface area contributed by atoms with Crippen molar-refractivity contribution in [3.63, 3.8) is 0 Å². The molecule has 6 heteroatoms. The molecule has 0 saturated heterocycles. The summed E-state index contributed by atoms with van der Waals surface area (Å²) in [4.78, 5) is 13.8. The van der Waals surface area contributed by atoms with Gasteiger partial charge in [-0.15, -0.1) is 0 Å². The van der Waals surface area contributed by atoms with Crippen molar-refractivity contribution in [3.8, 4) is 0 Å². The Kier molecular flexibility index (Phi) is 8.11. The van der Waals surface area contributed by atoms with Gasteiger partial charge in [0.05, 0.1) is 19.8 Å². The maximum absolute atomic E-state index is 12.0. The molecule has 0 saturated carbocycles.